The minimum Gasteiger partial charge on any atom is -0.781 e. The Morgan fingerprint density at radius 1 is 1.20 bits per heavy atom. The summed E-state index contributed by atoms with van der Waals surface area (Å²) in [5.74, 6) is 0. The van der Waals surface area contributed by atoms with Gasteiger partial charge in [-0.15, -0.1) is 0 Å². The Hall–Kier alpha value is 1.04. The average molecular weight is 284 g/mol. The van der Waals surface area contributed by atoms with Crippen LogP contribution in [0.4, 0.5) is 0 Å². The van der Waals surface area contributed by atoms with Crippen LogP contribution in [-0.2, 0) is 35.8 Å². The average Bonchev–Trinajstić information content (AvgIpc) is 1.68. The van der Waals surface area contributed by atoms with E-state index < -0.39 is 16.5 Å². The Bertz CT molecular complexity index is 91.9. The number of aliphatic hydroxyl groups is 1. The molecule has 0 aromatic carbocycles. The van der Waals surface area contributed by atoms with Crippen molar-refractivity contribution >= 4 is 16.5 Å². The van der Waals surface area contributed by atoms with Crippen LogP contribution in [0.3, 0.4) is 0 Å². The van der Waals surface area contributed by atoms with Crippen LogP contribution in [-0.4, -0.2) is 12.2 Å². The van der Waals surface area contributed by atoms with E-state index in [9.17, 15) is 18.9 Å². The molecule has 0 saturated carbocycles. The molecule has 0 aliphatic rings. The predicted molar refractivity (Wildman–Crippen MR) is 27.2 cm³/mol. The van der Waals surface area contributed by atoms with E-state index in [1.54, 1.807) is 0 Å². The first kappa shape index (κ1) is 17.2. The van der Waals surface area contributed by atoms with E-state index in [-0.39, 0.29) is 22.4 Å². The normalized spacial score (nSPS) is 13.6. The monoisotopic (exact) mass is 283 g/mol. The maximum absolute atomic E-state index is 9.29. The van der Waals surface area contributed by atoms with Crippen molar-refractivity contribution in [2.75, 3.05) is 7.11 Å². The molecule has 1 radical (unpaired) electrons. The summed E-state index contributed by atoms with van der Waals surface area (Å²) in [6.07, 6.45) is 0. The summed E-state index contributed by atoms with van der Waals surface area (Å²) >= 11 is 0. The minimum absolute atomic E-state index is 0. The van der Waals surface area contributed by atoms with E-state index in [0.29, 0.717) is 0 Å². The van der Waals surface area contributed by atoms with Gasteiger partial charge >= 0.3 is 22.4 Å². The van der Waals surface area contributed by atoms with Crippen molar-refractivity contribution in [3.8, 4) is 0 Å². The van der Waals surface area contributed by atoms with Gasteiger partial charge in [-0.25, -0.2) is 0 Å². The van der Waals surface area contributed by atoms with Crippen molar-refractivity contribution < 1.29 is 50.7 Å². The van der Waals surface area contributed by atoms with Gasteiger partial charge in [-0.2, -0.15) is 0 Å². The topological polar surface area (TPSA) is 110 Å². The van der Waals surface area contributed by atoms with Crippen LogP contribution in [0.15, 0.2) is 0 Å². The van der Waals surface area contributed by atoms with Crippen LogP contribution in [0.2, 0.25) is 0 Å². The van der Waals surface area contributed by atoms with Gasteiger partial charge in [0.15, 0.2) is 0 Å². The number of hydrogen-bond acceptors (Lipinski definition) is 6. The molecule has 0 aliphatic carbocycles. The molecular formula is CH6AgO6P2. The van der Waals surface area contributed by atoms with Gasteiger partial charge in [0, 0.05) is 7.11 Å². The zero-order valence-corrected chi connectivity index (χ0v) is 8.27. The fraction of sp³-hybridized carbons (Fsp3) is 1.00. The van der Waals surface area contributed by atoms with Crippen LogP contribution in [0.1, 0.15) is 0 Å². The minimum atomic E-state index is -3.51. The van der Waals surface area contributed by atoms with E-state index in [1.807, 2.05) is 0 Å². The van der Waals surface area contributed by atoms with Gasteiger partial charge in [-0.1, -0.05) is 0 Å². The number of rotatable bonds is 2. The summed E-state index contributed by atoms with van der Waals surface area (Å²) in [6.45, 7) is 0. The summed E-state index contributed by atoms with van der Waals surface area (Å²) in [5, 5.41) is 7.00. The zero-order chi connectivity index (χ0) is 7.86. The second-order valence-corrected chi connectivity index (χ2v) is 2.42. The predicted octanol–water partition coefficient (Wildman–Crippen LogP) is -1.89. The third-order valence-electron chi connectivity index (χ3n) is 0.167. The summed E-state index contributed by atoms with van der Waals surface area (Å²) in [4.78, 5) is 18.6. The fourth-order valence-electron chi connectivity index (χ4n) is 0.0680. The molecule has 6 nitrogen and oxygen atoms in total. The Morgan fingerprint density at radius 3 is 1.40 bits per heavy atom. The van der Waals surface area contributed by atoms with Crippen molar-refractivity contribution in [3.05, 3.63) is 0 Å². The molecule has 0 fully saturated rings. The van der Waals surface area contributed by atoms with E-state index in [1.165, 1.54) is 0 Å². The number of aliphatic hydroxyl groups excluding tert-OH is 1. The number of hydrogen-bond donors (Lipinski definition) is 1. The molecule has 10 heavy (non-hydrogen) atoms. The first-order chi connectivity index (χ1) is 4.13. The molecular weight excluding hydrogens is 278 g/mol. The van der Waals surface area contributed by atoms with Gasteiger partial charge in [-0.05, 0) is 0 Å². The van der Waals surface area contributed by atoms with Crippen LogP contribution < -0.4 is 9.79 Å². The van der Waals surface area contributed by atoms with Gasteiger partial charge in [0.2, 0.25) is 0 Å². The van der Waals surface area contributed by atoms with Gasteiger partial charge in [0.1, 0.15) is 16.5 Å². The van der Waals surface area contributed by atoms with Crippen LogP contribution in [0.5, 0.6) is 0 Å². The van der Waals surface area contributed by atoms with E-state index in [4.69, 9.17) is 5.11 Å². The molecule has 0 heterocycles. The summed E-state index contributed by atoms with van der Waals surface area (Å²) in [6, 6.07) is 0. The molecule has 2 unspecified atom stereocenters. The van der Waals surface area contributed by atoms with Gasteiger partial charge in [0.05, 0.1) is 0 Å². The van der Waals surface area contributed by atoms with Crippen LogP contribution in [0.25, 0.3) is 0 Å². The molecule has 0 rings (SSSR count). The van der Waals surface area contributed by atoms with Crippen LogP contribution in [0, 0.1) is 0 Å². The van der Waals surface area contributed by atoms with Crippen molar-refractivity contribution in [1.29, 1.82) is 0 Å². The van der Waals surface area contributed by atoms with Crippen molar-refractivity contribution in [2.45, 2.75) is 0 Å². The largest absolute Gasteiger partial charge is 2.00 e. The smallest absolute Gasteiger partial charge is 0.781 e. The molecule has 0 aromatic rings. The Labute approximate surface area is 74.6 Å². The third-order valence-corrected chi connectivity index (χ3v) is 1.50. The second kappa shape index (κ2) is 12.7. The third kappa shape index (κ3) is 23.0. The maximum atomic E-state index is 9.29. The zero-order valence-electron chi connectivity index (χ0n) is 4.79. The first-order valence-electron chi connectivity index (χ1n) is 1.67. The van der Waals surface area contributed by atoms with E-state index in [0.717, 1.165) is 7.11 Å². The molecule has 1 N–H and O–H groups in total. The van der Waals surface area contributed by atoms with Crippen LogP contribution >= 0.6 is 16.5 Å². The molecule has 0 aromatic heterocycles. The molecule has 2 atom stereocenters. The molecule has 0 spiro atoms. The quantitative estimate of drug-likeness (QED) is 0.469. The van der Waals surface area contributed by atoms with Gasteiger partial charge in [0.25, 0.3) is 0 Å². The van der Waals surface area contributed by atoms with Gasteiger partial charge in [-0.3, -0.25) is 4.31 Å². The standard InChI is InChI=1S/CH4O.Ag.H4O5P2/c1-2;;1-6(2)5-7(3)4/h2H,1H3;;6-7H,(H,1,2)(H,3,4)/q;+2;/p-2. The Morgan fingerprint density at radius 2 is 1.40 bits per heavy atom. The van der Waals surface area contributed by atoms with Crippen molar-refractivity contribution in [2.24, 2.45) is 0 Å². The van der Waals surface area contributed by atoms with E-state index in [2.05, 4.69) is 4.31 Å². The van der Waals surface area contributed by atoms with Crippen molar-refractivity contribution in [1.82, 2.24) is 0 Å². The molecule has 0 saturated heterocycles. The Balaban J connectivity index is -0.000000149. The fourth-order valence-corrected chi connectivity index (χ4v) is 0.612. The summed E-state index contributed by atoms with van der Waals surface area (Å²) < 4.78 is 21.8. The maximum Gasteiger partial charge on any atom is 2.00 e. The molecule has 0 bridgehead atoms. The summed E-state index contributed by atoms with van der Waals surface area (Å²) in [5.41, 5.74) is 0. The molecule has 0 aliphatic heterocycles. The van der Waals surface area contributed by atoms with Crippen molar-refractivity contribution in [3.63, 3.8) is 0 Å². The Kier molecular flexibility index (Phi) is 21.9. The second-order valence-electron chi connectivity index (χ2n) is 0.602. The molecule has 9 heteroatoms. The molecule has 0 amide bonds. The van der Waals surface area contributed by atoms with E-state index >= 15 is 0 Å². The SMILES string of the molecule is CO.O=[PH]([O-])O[PH](=O)[O-].[Ag+2]. The van der Waals surface area contributed by atoms with Gasteiger partial charge < -0.3 is 24.0 Å². The molecule has 67 valence electrons. The summed E-state index contributed by atoms with van der Waals surface area (Å²) in [7, 11) is -6.03. The first-order valence-corrected chi connectivity index (χ1v) is 4.12.